The van der Waals surface area contributed by atoms with Crippen molar-refractivity contribution in [1.82, 2.24) is 9.88 Å². The highest BCUT2D eigenvalue weighted by Gasteiger charge is 2.30. The Labute approximate surface area is 159 Å². The topological polar surface area (TPSA) is 54.5 Å². The molecule has 1 aliphatic rings. The normalized spacial score (nSPS) is 15.3. The number of anilines is 2. The molecule has 1 N–H and O–H groups in total. The lowest BCUT2D eigenvalue weighted by molar-refractivity contribution is -0.274. The smallest absolute Gasteiger partial charge is 0.406 e. The third-order valence-corrected chi connectivity index (χ3v) is 4.99. The zero-order chi connectivity index (χ0) is 19.3. The minimum Gasteiger partial charge on any atom is -0.406 e. The van der Waals surface area contributed by atoms with E-state index in [4.69, 9.17) is 0 Å². The molecular formula is C18H20F3N3O2S. The summed E-state index contributed by atoms with van der Waals surface area (Å²) in [6, 6.07) is 5.41. The summed E-state index contributed by atoms with van der Waals surface area (Å²) in [5.41, 5.74) is 1.28. The molecule has 146 valence electrons. The molecule has 0 unspecified atom stereocenters. The van der Waals surface area contributed by atoms with Crippen LogP contribution < -0.4 is 10.1 Å². The van der Waals surface area contributed by atoms with Gasteiger partial charge in [0.1, 0.15) is 5.75 Å². The van der Waals surface area contributed by atoms with Gasteiger partial charge in [0.25, 0.3) is 0 Å². The zero-order valence-electron chi connectivity index (χ0n) is 14.6. The van der Waals surface area contributed by atoms with Crippen LogP contribution in [0, 0.1) is 0 Å². The van der Waals surface area contributed by atoms with Crippen LogP contribution in [0.4, 0.5) is 24.0 Å². The number of aromatic nitrogens is 1. The van der Waals surface area contributed by atoms with Gasteiger partial charge >= 0.3 is 6.36 Å². The Morgan fingerprint density at radius 3 is 2.44 bits per heavy atom. The van der Waals surface area contributed by atoms with E-state index in [1.807, 2.05) is 10.3 Å². The van der Waals surface area contributed by atoms with Crippen LogP contribution in [0.5, 0.6) is 5.75 Å². The second kappa shape index (κ2) is 8.60. The van der Waals surface area contributed by atoms with Gasteiger partial charge < -0.3 is 15.0 Å². The molecule has 0 atom stereocenters. The molecule has 1 fully saturated rings. The van der Waals surface area contributed by atoms with Crippen molar-refractivity contribution in [3.8, 4) is 5.75 Å². The molecule has 1 amide bonds. The predicted molar refractivity (Wildman–Crippen MR) is 97.3 cm³/mol. The van der Waals surface area contributed by atoms with E-state index in [2.05, 4.69) is 15.0 Å². The summed E-state index contributed by atoms with van der Waals surface area (Å²) in [5, 5.41) is 5.42. The predicted octanol–water partition coefficient (Wildman–Crippen LogP) is 4.73. The summed E-state index contributed by atoms with van der Waals surface area (Å²) in [6.45, 7) is 1.61. The largest absolute Gasteiger partial charge is 0.573 e. The number of likely N-dealkylation sites (tertiary alicyclic amines) is 1. The molecule has 2 aromatic rings. The molecule has 0 radical (unpaired) electrons. The SMILES string of the molecule is O=C(Cc1csc(Nc2ccc(OC(F)(F)F)cc2)n1)N1CCCCCC1. The Kier molecular flexibility index (Phi) is 6.20. The van der Waals surface area contributed by atoms with Gasteiger partial charge in [-0.2, -0.15) is 0 Å². The van der Waals surface area contributed by atoms with E-state index in [0.717, 1.165) is 25.9 Å². The van der Waals surface area contributed by atoms with Gasteiger partial charge in [0.2, 0.25) is 5.91 Å². The first-order valence-electron chi connectivity index (χ1n) is 8.74. The van der Waals surface area contributed by atoms with Crippen LogP contribution in [0.1, 0.15) is 31.4 Å². The van der Waals surface area contributed by atoms with Crippen LogP contribution in [0.15, 0.2) is 29.6 Å². The number of hydrogen-bond acceptors (Lipinski definition) is 5. The second-order valence-electron chi connectivity index (χ2n) is 6.31. The highest BCUT2D eigenvalue weighted by atomic mass is 32.1. The van der Waals surface area contributed by atoms with Crippen molar-refractivity contribution in [2.24, 2.45) is 0 Å². The summed E-state index contributed by atoms with van der Waals surface area (Å²) < 4.78 is 40.4. The molecule has 1 aromatic heterocycles. The summed E-state index contributed by atoms with van der Waals surface area (Å²) in [4.78, 5) is 18.7. The second-order valence-corrected chi connectivity index (χ2v) is 7.17. The van der Waals surface area contributed by atoms with Crippen LogP contribution in [-0.2, 0) is 11.2 Å². The average molecular weight is 399 g/mol. The number of hydrogen-bond donors (Lipinski definition) is 1. The summed E-state index contributed by atoms with van der Waals surface area (Å²) in [7, 11) is 0. The van der Waals surface area contributed by atoms with E-state index >= 15 is 0 Å². The van der Waals surface area contributed by atoms with E-state index < -0.39 is 6.36 Å². The number of rotatable bonds is 5. The van der Waals surface area contributed by atoms with Gasteiger partial charge in [0.05, 0.1) is 12.1 Å². The number of carbonyl (C=O) groups is 1. The van der Waals surface area contributed by atoms with Gasteiger partial charge in [0, 0.05) is 24.2 Å². The lowest BCUT2D eigenvalue weighted by atomic mass is 10.2. The van der Waals surface area contributed by atoms with E-state index in [9.17, 15) is 18.0 Å². The Hall–Kier alpha value is -2.29. The number of amides is 1. The minimum absolute atomic E-state index is 0.0856. The number of nitrogens with zero attached hydrogens (tertiary/aromatic N) is 2. The summed E-state index contributed by atoms with van der Waals surface area (Å²) in [6.07, 6.45) is -0.0222. The molecule has 9 heteroatoms. The van der Waals surface area contributed by atoms with Gasteiger partial charge in [-0.05, 0) is 37.1 Å². The Morgan fingerprint density at radius 2 is 1.81 bits per heavy atom. The average Bonchev–Trinajstić information content (AvgIpc) is 2.86. The number of carbonyl (C=O) groups excluding carboxylic acids is 1. The fourth-order valence-electron chi connectivity index (χ4n) is 2.90. The molecule has 2 heterocycles. The molecular weight excluding hydrogens is 379 g/mol. The third kappa shape index (κ3) is 6.13. The lowest BCUT2D eigenvalue weighted by Crippen LogP contribution is -2.33. The zero-order valence-corrected chi connectivity index (χ0v) is 15.4. The number of ether oxygens (including phenoxy) is 1. The van der Waals surface area contributed by atoms with Gasteiger partial charge in [0.15, 0.2) is 5.13 Å². The van der Waals surface area contributed by atoms with E-state index in [1.165, 1.54) is 48.4 Å². The Bertz CT molecular complexity index is 754. The van der Waals surface area contributed by atoms with Crippen molar-refractivity contribution in [3.05, 3.63) is 35.3 Å². The molecule has 0 bridgehead atoms. The number of halogens is 3. The van der Waals surface area contributed by atoms with Crippen LogP contribution in [0.25, 0.3) is 0 Å². The number of nitrogens with one attached hydrogen (secondary N) is 1. The highest BCUT2D eigenvalue weighted by Crippen LogP contribution is 2.26. The molecule has 0 spiro atoms. The molecule has 1 aromatic carbocycles. The van der Waals surface area contributed by atoms with Gasteiger partial charge in [-0.3, -0.25) is 4.79 Å². The summed E-state index contributed by atoms with van der Waals surface area (Å²) >= 11 is 1.35. The van der Waals surface area contributed by atoms with E-state index in [1.54, 1.807) is 0 Å². The first kappa shape index (κ1) is 19.5. The first-order valence-corrected chi connectivity index (χ1v) is 9.62. The quantitative estimate of drug-likeness (QED) is 0.790. The van der Waals surface area contributed by atoms with Crippen LogP contribution in [0.3, 0.4) is 0 Å². The summed E-state index contributed by atoms with van der Waals surface area (Å²) in [5.74, 6) is -0.196. The van der Waals surface area contributed by atoms with Crippen LogP contribution in [-0.4, -0.2) is 35.2 Å². The van der Waals surface area contributed by atoms with Crippen molar-refractivity contribution < 1.29 is 22.7 Å². The van der Waals surface area contributed by atoms with Crippen molar-refractivity contribution in [2.75, 3.05) is 18.4 Å². The number of thiazole rings is 1. The molecule has 1 saturated heterocycles. The number of benzene rings is 1. The lowest BCUT2D eigenvalue weighted by Gasteiger charge is -2.19. The van der Waals surface area contributed by atoms with Gasteiger partial charge in [-0.1, -0.05) is 12.8 Å². The minimum atomic E-state index is -4.71. The molecule has 0 saturated carbocycles. The maximum atomic E-state index is 12.4. The standard InChI is InChI=1S/C18H20F3N3O2S/c19-18(20,21)26-15-7-5-13(6-8-15)22-17-23-14(12-27-17)11-16(25)24-9-3-1-2-4-10-24/h5-8,12H,1-4,9-11H2,(H,22,23). The van der Waals surface area contributed by atoms with Crippen molar-refractivity contribution >= 4 is 28.1 Å². The van der Waals surface area contributed by atoms with Crippen molar-refractivity contribution in [2.45, 2.75) is 38.5 Å². The van der Waals surface area contributed by atoms with Crippen molar-refractivity contribution in [1.29, 1.82) is 0 Å². The Balaban J connectivity index is 1.55. The molecule has 1 aliphatic heterocycles. The maximum Gasteiger partial charge on any atom is 0.573 e. The van der Waals surface area contributed by atoms with Crippen LogP contribution in [0.2, 0.25) is 0 Å². The molecule has 3 rings (SSSR count). The van der Waals surface area contributed by atoms with Crippen molar-refractivity contribution in [3.63, 3.8) is 0 Å². The molecule has 5 nitrogen and oxygen atoms in total. The highest BCUT2D eigenvalue weighted by molar-refractivity contribution is 7.13. The molecule has 0 aliphatic carbocycles. The van der Waals surface area contributed by atoms with Gasteiger partial charge in [-0.15, -0.1) is 24.5 Å². The van der Waals surface area contributed by atoms with Gasteiger partial charge in [-0.25, -0.2) is 4.98 Å². The maximum absolute atomic E-state index is 12.4. The fraction of sp³-hybridized carbons (Fsp3) is 0.444. The fourth-order valence-corrected chi connectivity index (χ4v) is 3.63. The van der Waals surface area contributed by atoms with E-state index in [-0.39, 0.29) is 18.1 Å². The molecule has 27 heavy (non-hydrogen) atoms. The monoisotopic (exact) mass is 399 g/mol. The Morgan fingerprint density at radius 1 is 1.15 bits per heavy atom. The van der Waals surface area contributed by atoms with E-state index in [0.29, 0.717) is 16.5 Å². The number of alkyl halides is 3. The third-order valence-electron chi connectivity index (χ3n) is 4.18. The van der Waals surface area contributed by atoms with Crippen LogP contribution >= 0.6 is 11.3 Å². The first-order chi connectivity index (χ1) is 12.9.